The Bertz CT molecular complexity index is 345. The van der Waals surface area contributed by atoms with E-state index in [-0.39, 0.29) is 13.2 Å². The predicted molar refractivity (Wildman–Crippen MR) is 53.8 cm³/mol. The molecule has 2 atom stereocenters. The van der Waals surface area contributed by atoms with Crippen molar-refractivity contribution in [3.8, 4) is 0 Å². The summed E-state index contributed by atoms with van der Waals surface area (Å²) in [7, 11) is 0. The van der Waals surface area contributed by atoms with E-state index in [2.05, 4.69) is 5.32 Å². The van der Waals surface area contributed by atoms with Crippen LogP contribution in [0.1, 0.15) is 19.8 Å². The molecule has 1 rings (SSSR count). The molecule has 0 saturated carbocycles. The first-order chi connectivity index (χ1) is 8.15. The molecule has 104 valence electrons. The van der Waals surface area contributed by atoms with Crippen molar-refractivity contribution in [1.29, 1.82) is 0 Å². The van der Waals surface area contributed by atoms with Gasteiger partial charge in [-0.15, -0.1) is 0 Å². The van der Waals surface area contributed by atoms with Gasteiger partial charge in [0.15, 0.2) is 0 Å². The summed E-state index contributed by atoms with van der Waals surface area (Å²) in [6.45, 7) is 1.30. The largest absolute Gasteiger partial charge is 0.481 e. The lowest BCUT2D eigenvalue weighted by molar-refractivity contribution is -0.150. The molecule has 18 heavy (non-hydrogen) atoms. The molecule has 1 heterocycles. The highest BCUT2D eigenvalue weighted by atomic mass is 19.4. The number of alkyl halides is 3. The van der Waals surface area contributed by atoms with Crippen LogP contribution in [0.5, 0.6) is 0 Å². The van der Waals surface area contributed by atoms with E-state index in [9.17, 15) is 22.8 Å². The Hall–Kier alpha value is -1.31. The van der Waals surface area contributed by atoms with E-state index < -0.39 is 42.4 Å². The van der Waals surface area contributed by atoms with E-state index in [1.807, 2.05) is 0 Å². The highest BCUT2D eigenvalue weighted by molar-refractivity contribution is 5.80. The van der Waals surface area contributed by atoms with Crippen molar-refractivity contribution in [1.82, 2.24) is 5.32 Å². The lowest BCUT2D eigenvalue weighted by Gasteiger charge is -2.25. The van der Waals surface area contributed by atoms with Gasteiger partial charge >= 0.3 is 12.1 Å². The van der Waals surface area contributed by atoms with Crippen molar-refractivity contribution in [3.63, 3.8) is 0 Å². The predicted octanol–water partition coefficient (Wildman–Crippen LogP) is 0.935. The lowest BCUT2D eigenvalue weighted by atomic mass is 9.85. The van der Waals surface area contributed by atoms with Crippen LogP contribution in [0.25, 0.3) is 0 Å². The van der Waals surface area contributed by atoms with Crippen LogP contribution in [0.3, 0.4) is 0 Å². The number of carboxylic acids is 1. The second-order valence-corrected chi connectivity index (χ2v) is 4.47. The van der Waals surface area contributed by atoms with Crippen molar-refractivity contribution < 1.29 is 32.6 Å². The molecule has 2 N–H and O–H groups in total. The first-order valence-corrected chi connectivity index (χ1v) is 5.32. The third kappa shape index (κ3) is 3.59. The third-order valence-corrected chi connectivity index (χ3v) is 2.91. The van der Waals surface area contributed by atoms with Crippen molar-refractivity contribution in [3.05, 3.63) is 0 Å². The molecule has 0 bridgehead atoms. The summed E-state index contributed by atoms with van der Waals surface area (Å²) < 4.78 is 40.7. The van der Waals surface area contributed by atoms with E-state index in [4.69, 9.17) is 9.84 Å². The van der Waals surface area contributed by atoms with Gasteiger partial charge in [-0.05, 0) is 6.92 Å². The number of carbonyl (C=O) groups is 2. The number of hydrogen-bond donors (Lipinski definition) is 2. The number of hydrogen-bond acceptors (Lipinski definition) is 3. The van der Waals surface area contributed by atoms with E-state index in [1.54, 1.807) is 0 Å². The summed E-state index contributed by atoms with van der Waals surface area (Å²) >= 11 is 0. The first-order valence-electron chi connectivity index (χ1n) is 5.32. The van der Waals surface area contributed by atoms with Crippen molar-refractivity contribution in [2.75, 3.05) is 13.2 Å². The Labute approximate surface area is 101 Å². The molecule has 1 saturated heterocycles. The molecule has 8 heteroatoms. The lowest BCUT2D eigenvalue weighted by Crippen LogP contribution is -2.49. The summed E-state index contributed by atoms with van der Waals surface area (Å²) in [5.74, 6) is -1.98. The SMILES string of the molecule is CC1(C(=O)O)COCC1NC(=O)CCC(F)(F)F. The highest BCUT2D eigenvalue weighted by Gasteiger charge is 2.47. The fourth-order valence-corrected chi connectivity index (χ4v) is 1.61. The number of halogens is 3. The van der Waals surface area contributed by atoms with Gasteiger partial charge in [0, 0.05) is 6.42 Å². The fraction of sp³-hybridized carbons (Fsp3) is 0.800. The Morgan fingerprint density at radius 1 is 1.50 bits per heavy atom. The third-order valence-electron chi connectivity index (χ3n) is 2.91. The fourth-order valence-electron chi connectivity index (χ4n) is 1.61. The molecule has 1 fully saturated rings. The van der Waals surface area contributed by atoms with Crippen LogP contribution in [0.15, 0.2) is 0 Å². The molecular formula is C10H14F3NO4. The van der Waals surface area contributed by atoms with Crippen molar-refractivity contribution >= 4 is 11.9 Å². The maximum atomic E-state index is 11.9. The van der Waals surface area contributed by atoms with E-state index in [1.165, 1.54) is 6.92 Å². The standard InChI is InChI=1S/C10H14F3NO4/c1-9(8(16)17)5-18-4-6(9)14-7(15)2-3-10(11,12)13/h6H,2-5H2,1H3,(H,14,15)(H,16,17). The normalized spacial score (nSPS) is 28.1. The molecular weight excluding hydrogens is 255 g/mol. The van der Waals surface area contributed by atoms with E-state index in [0.29, 0.717) is 0 Å². The molecule has 0 radical (unpaired) electrons. The average Bonchev–Trinajstić information content (AvgIpc) is 2.58. The molecule has 1 amide bonds. The Balaban J connectivity index is 2.52. The molecule has 0 aromatic heterocycles. The minimum Gasteiger partial charge on any atom is -0.481 e. The van der Waals surface area contributed by atoms with Crippen LogP contribution < -0.4 is 5.32 Å². The summed E-state index contributed by atoms with van der Waals surface area (Å²) in [5.41, 5.74) is -1.30. The molecule has 0 aromatic carbocycles. The number of carboxylic acid groups (broad SMARTS) is 1. The van der Waals surface area contributed by atoms with Crippen LogP contribution in [0, 0.1) is 5.41 Å². The summed E-state index contributed by atoms with van der Waals surface area (Å²) in [4.78, 5) is 22.3. The zero-order chi connectivity index (χ0) is 14.0. The zero-order valence-electron chi connectivity index (χ0n) is 9.71. The van der Waals surface area contributed by atoms with Crippen LogP contribution in [-0.2, 0) is 14.3 Å². The van der Waals surface area contributed by atoms with Gasteiger partial charge in [-0.3, -0.25) is 9.59 Å². The molecule has 1 aliphatic rings. The Morgan fingerprint density at radius 3 is 2.61 bits per heavy atom. The number of rotatable bonds is 4. The zero-order valence-corrected chi connectivity index (χ0v) is 9.71. The van der Waals surface area contributed by atoms with Gasteiger partial charge in [0.05, 0.1) is 25.7 Å². The second-order valence-electron chi connectivity index (χ2n) is 4.47. The molecule has 0 aromatic rings. The topological polar surface area (TPSA) is 75.6 Å². The van der Waals surface area contributed by atoms with Gasteiger partial charge in [-0.25, -0.2) is 0 Å². The summed E-state index contributed by atoms with van der Waals surface area (Å²) in [6.07, 6.45) is -6.34. The van der Waals surface area contributed by atoms with Crippen LogP contribution in [0.4, 0.5) is 13.2 Å². The van der Waals surface area contributed by atoms with E-state index >= 15 is 0 Å². The van der Waals surface area contributed by atoms with Crippen molar-refractivity contribution in [2.24, 2.45) is 5.41 Å². The number of ether oxygens (including phenoxy) is 1. The minimum absolute atomic E-state index is 0.0133. The van der Waals surface area contributed by atoms with Gasteiger partial charge in [0.25, 0.3) is 0 Å². The summed E-state index contributed by atoms with van der Waals surface area (Å²) in [6, 6.07) is -0.810. The first kappa shape index (κ1) is 14.7. The average molecular weight is 269 g/mol. The van der Waals surface area contributed by atoms with Crippen LogP contribution >= 0.6 is 0 Å². The van der Waals surface area contributed by atoms with Gasteiger partial charge < -0.3 is 15.2 Å². The minimum atomic E-state index is -4.40. The van der Waals surface area contributed by atoms with Crippen LogP contribution in [0.2, 0.25) is 0 Å². The number of carbonyl (C=O) groups excluding carboxylic acids is 1. The van der Waals surface area contributed by atoms with Gasteiger partial charge in [-0.1, -0.05) is 0 Å². The van der Waals surface area contributed by atoms with Gasteiger partial charge in [0.2, 0.25) is 5.91 Å². The van der Waals surface area contributed by atoms with Gasteiger partial charge in [0.1, 0.15) is 5.41 Å². The Morgan fingerprint density at radius 2 is 2.11 bits per heavy atom. The summed E-state index contributed by atoms with van der Waals surface area (Å²) in [5, 5.41) is 11.3. The monoisotopic (exact) mass is 269 g/mol. The number of amides is 1. The van der Waals surface area contributed by atoms with Crippen molar-refractivity contribution in [2.45, 2.75) is 32.0 Å². The smallest absolute Gasteiger partial charge is 0.389 e. The maximum Gasteiger partial charge on any atom is 0.389 e. The van der Waals surface area contributed by atoms with Crippen LogP contribution in [-0.4, -0.2) is 42.4 Å². The Kier molecular flexibility index (Phi) is 4.20. The molecule has 5 nitrogen and oxygen atoms in total. The molecule has 0 aliphatic carbocycles. The molecule has 2 unspecified atom stereocenters. The number of nitrogens with one attached hydrogen (secondary N) is 1. The number of aliphatic carboxylic acids is 1. The second kappa shape index (κ2) is 5.13. The molecule has 0 spiro atoms. The molecule has 1 aliphatic heterocycles. The van der Waals surface area contributed by atoms with E-state index in [0.717, 1.165) is 0 Å². The maximum absolute atomic E-state index is 11.9. The van der Waals surface area contributed by atoms with Gasteiger partial charge in [-0.2, -0.15) is 13.2 Å². The quantitative estimate of drug-likeness (QED) is 0.796. The highest BCUT2D eigenvalue weighted by Crippen LogP contribution is 2.29.